The fourth-order valence-corrected chi connectivity index (χ4v) is 3.68. The van der Waals surface area contributed by atoms with Crippen LogP contribution in [0.15, 0.2) is 60.7 Å². The zero-order chi connectivity index (χ0) is 20.7. The van der Waals surface area contributed by atoms with E-state index in [0.717, 1.165) is 45.4 Å². The van der Waals surface area contributed by atoms with Crippen molar-refractivity contribution in [3.8, 4) is 11.1 Å². The van der Waals surface area contributed by atoms with E-state index in [1.165, 1.54) is 5.56 Å². The summed E-state index contributed by atoms with van der Waals surface area (Å²) < 4.78 is 8.51. The van der Waals surface area contributed by atoms with Crippen molar-refractivity contribution in [2.45, 2.75) is 34.1 Å². The lowest BCUT2D eigenvalue weighted by atomic mass is 9.86. The molecule has 28 heavy (non-hydrogen) atoms. The number of aryl methyl sites for hydroxylation is 4. The van der Waals surface area contributed by atoms with E-state index >= 15 is 0 Å². The number of hydrogen-bond acceptors (Lipinski definition) is 2. The summed E-state index contributed by atoms with van der Waals surface area (Å²) in [5, 5.41) is 0. The maximum atomic E-state index is 13.6. The summed E-state index contributed by atoms with van der Waals surface area (Å²) in [7, 11) is -1.17. The van der Waals surface area contributed by atoms with Crippen LogP contribution in [0.5, 0.6) is 0 Å². The second-order valence-corrected chi connectivity index (χ2v) is 6.94. The predicted molar refractivity (Wildman–Crippen MR) is 117 cm³/mol. The lowest BCUT2D eigenvalue weighted by Crippen LogP contribution is -2.11. The second kappa shape index (κ2) is 10.1. The number of carbonyl (C=O) groups is 1. The minimum atomic E-state index is -1.17. The summed E-state index contributed by atoms with van der Waals surface area (Å²) in [5.41, 5.74) is 8.17. The lowest BCUT2D eigenvalue weighted by Gasteiger charge is -2.16. The van der Waals surface area contributed by atoms with Gasteiger partial charge in [-0.25, -0.2) is 0 Å². The van der Waals surface area contributed by atoms with Gasteiger partial charge in [0.15, 0.2) is 5.78 Å². The molecule has 0 fully saturated rings. The zero-order valence-corrected chi connectivity index (χ0v) is 17.7. The molecule has 0 aliphatic rings. The maximum absolute atomic E-state index is 13.6. The van der Waals surface area contributed by atoms with E-state index < -0.39 is 8.69 Å². The van der Waals surface area contributed by atoms with Gasteiger partial charge in [-0.2, -0.15) is 4.89 Å². The Labute approximate surface area is 168 Å². The van der Waals surface area contributed by atoms with Gasteiger partial charge in [-0.1, -0.05) is 73.2 Å². The van der Waals surface area contributed by atoms with Gasteiger partial charge in [0.05, 0.1) is 0 Å². The van der Waals surface area contributed by atoms with E-state index in [1.54, 1.807) is 0 Å². The van der Waals surface area contributed by atoms with E-state index in [9.17, 15) is 4.79 Å². The molecule has 3 rings (SSSR count). The van der Waals surface area contributed by atoms with Crippen LogP contribution in [0.4, 0.5) is 0 Å². The van der Waals surface area contributed by atoms with Gasteiger partial charge in [0.25, 0.3) is 0 Å². The van der Waals surface area contributed by atoms with Crippen molar-refractivity contribution in [3.05, 3.63) is 94.0 Å². The summed E-state index contributed by atoms with van der Waals surface area (Å²) >= 11 is 0. The number of carbonyl (C=O) groups excluding carboxylic acids is 1. The molecule has 144 valence electrons. The molecule has 0 aromatic heterocycles. The summed E-state index contributed by atoms with van der Waals surface area (Å²) in [6, 6.07) is 20.5. The van der Waals surface area contributed by atoms with Crippen molar-refractivity contribution in [3.63, 3.8) is 0 Å². The largest absolute Gasteiger partial charge is 0.491 e. The van der Waals surface area contributed by atoms with Crippen LogP contribution in [0.25, 0.3) is 11.1 Å². The average Bonchev–Trinajstić information content (AvgIpc) is 2.67. The van der Waals surface area contributed by atoms with Gasteiger partial charge >= 0.3 is 8.69 Å². The summed E-state index contributed by atoms with van der Waals surface area (Å²) in [4.78, 5) is 20.6. The minimum Gasteiger partial charge on any atom is -0.289 e. The van der Waals surface area contributed by atoms with Crippen LogP contribution in [0.2, 0.25) is 0 Å². The molecule has 4 heteroatoms. The van der Waals surface area contributed by atoms with E-state index in [2.05, 4.69) is 50.2 Å². The molecular formula is C24H26O3P+. The molecule has 0 amide bonds. The summed E-state index contributed by atoms with van der Waals surface area (Å²) in [6.07, 6.45) is 0.839. The third kappa shape index (κ3) is 4.81. The number of ketones is 1. The van der Waals surface area contributed by atoms with Crippen molar-refractivity contribution >= 4 is 14.5 Å². The van der Waals surface area contributed by atoms with Crippen molar-refractivity contribution < 1.29 is 14.3 Å². The molecule has 3 aromatic carbocycles. The standard InChI is InChI=1S/C24H24O.HO2P/c1-5-19-12-9-13-21(20-10-7-6-8-11-20)23(19)24(25)22-17(3)14-16(2)15-18(22)4;1-3-2/h6-15H,5H2,1-4H3;3H/p+1. The number of hydrogen-bond donors (Lipinski definition) is 1. The molecule has 0 bridgehead atoms. The molecule has 0 spiro atoms. The molecule has 1 unspecified atom stereocenters. The highest BCUT2D eigenvalue weighted by Crippen LogP contribution is 2.31. The molecule has 3 aromatic rings. The predicted octanol–water partition coefficient (Wildman–Crippen LogP) is 5.99. The highest BCUT2D eigenvalue weighted by atomic mass is 31.1. The molecule has 0 aliphatic heterocycles. The fraction of sp³-hybridized carbons (Fsp3) is 0.208. The Bertz CT molecular complexity index is 955. The lowest BCUT2D eigenvalue weighted by molar-refractivity contribution is 0.103. The molecule has 0 radical (unpaired) electrons. The Morgan fingerprint density at radius 3 is 2.00 bits per heavy atom. The van der Waals surface area contributed by atoms with Crippen LogP contribution in [0, 0.1) is 20.8 Å². The van der Waals surface area contributed by atoms with Crippen molar-refractivity contribution in [1.82, 2.24) is 0 Å². The normalized spacial score (nSPS) is 10.3. The van der Waals surface area contributed by atoms with Crippen molar-refractivity contribution in [2.75, 3.05) is 0 Å². The summed E-state index contributed by atoms with van der Waals surface area (Å²) in [6.45, 7) is 8.24. The fourth-order valence-electron chi connectivity index (χ4n) is 3.68. The van der Waals surface area contributed by atoms with Crippen molar-refractivity contribution in [2.24, 2.45) is 0 Å². The molecular weight excluding hydrogens is 367 g/mol. The molecule has 0 heterocycles. The first kappa shape index (κ1) is 21.7. The molecule has 0 aliphatic carbocycles. The Kier molecular flexibility index (Phi) is 7.80. The third-order valence-electron chi connectivity index (χ3n) is 4.75. The Balaban J connectivity index is 0.000000878. The molecule has 1 N–H and O–H groups in total. The van der Waals surface area contributed by atoms with E-state index in [0.29, 0.717) is 0 Å². The van der Waals surface area contributed by atoms with E-state index in [-0.39, 0.29) is 5.78 Å². The number of rotatable bonds is 4. The number of benzene rings is 3. The smallest absolute Gasteiger partial charge is 0.289 e. The van der Waals surface area contributed by atoms with Crippen LogP contribution in [-0.4, -0.2) is 10.7 Å². The first-order chi connectivity index (χ1) is 13.4. The van der Waals surface area contributed by atoms with E-state index in [1.807, 2.05) is 38.1 Å². The van der Waals surface area contributed by atoms with Gasteiger partial charge in [-0.3, -0.25) is 4.79 Å². The molecule has 3 nitrogen and oxygen atoms in total. The maximum Gasteiger partial charge on any atom is 0.491 e. The van der Waals surface area contributed by atoms with Gasteiger partial charge in [0.1, 0.15) is 0 Å². The van der Waals surface area contributed by atoms with Gasteiger partial charge in [0, 0.05) is 11.1 Å². The molecule has 1 atom stereocenters. The minimum absolute atomic E-state index is 0.131. The van der Waals surface area contributed by atoms with Gasteiger partial charge in [-0.05, 0) is 59.6 Å². The zero-order valence-electron chi connectivity index (χ0n) is 16.7. The second-order valence-electron chi connectivity index (χ2n) is 6.75. The third-order valence-corrected chi connectivity index (χ3v) is 4.75. The van der Waals surface area contributed by atoms with Crippen LogP contribution in [0.3, 0.4) is 0 Å². The summed E-state index contributed by atoms with van der Waals surface area (Å²) in [5.74, 6) is 0.131. The SMILES string of the molecule is CCc1cccc(-c2ccccc2)c1C(=O)c1c(C)cc(C)cc1C.O=[PH+]O. The van der Waals surface area contributed by atoms with Crippen LogP contribution < -0.4 is 0 Å². The van der Waals surface area contributed by atoms with Gasteiger partial charge < -0.3 is 0 Å². The van der Waals surface area contributed by atoms with E-state index in [4.69, 9.17) is 9.46 Å². The Morgan fingerprint density at radius 2 is 1.46 bits per heavy atom. The first-order valence-corrected chi connectivity index (χ1v) is 10.1. The van der Waals surface area contributed by atoms with Crippen LogP contribution >= 0.6 is 8.69 Å². The highest BCUT2D eigenvalue weighted by molar-refractivity contribution is 7.16. The molecule has 0 saturated heterocycles. The Morgan fingerprint density at radius 1 is 0.893 bits per heavy atom. The molecule has 0 saturated carbocycles. The van der Waals surface area contributed by atoms with Crippen molar-refractivity contribution in [1.29, 1.82) is 0 Å². The Hall–Kier alpha value is -2.61. The van der Waals surface area contributed by atoms with Gasteiger partial charge in [0.2, 0.25) is 0 Å². The van der Waals surface area contributed by atoms with Gasteiger partial charge in [-0.15, -0.1) is 0 Å². The topological polar surface area (TPSA) is 54.4 Å². The first-order valence-electron chi connectivity index (χ1n) is 9.25. The monoisotopic (exact) mass is 393 g/mol. The van der Waals surface area contributed by atoms with Crippen LogP contribution in [0.1, 0.15) is 45.1 Å². The quantitative estimate of drug-likeness (QED) is 0.437. The average molecular weight is 393 g/mol. The van der Waals surface area contributed by atoms with Crippen LogP contribution in [-0.2, 0) is 11.0 Å². The highest BCUT2D eigenvalue weighted by Gasteiger charge is 2.21.